The highest BCUT2D eigenvalue weighted by Gasteiger charge is 2.52. The Morgan fingerprint density at radius 1 is 1.06 bits per heavy atom. The van der Waals surface area contributed by atoms with Crippen molar-refractivity contribution in [2.75, 3.05) is 33.9 Å². The van der Waals surface area contributed by atoms with E-state index in [4.69, 9.17) is 23.5 Å². The van der Waals surface area contributed by atoms with Crippen LogP contribution in [0.15, 0.2) is 12.1 Å². The Labute approximate surface area is 204 Å². The van der Waals surface area contributed by atoms with Gasteiger partial charge in [0, 0.05) is 32.2 Å². The molecule has 34 heavy (non-hydrogen) atoms. The number of nitrogens with zero attached hydrogens (tertiary/aromatic N) is 2. The van der Waals surface area contributed by atoms with E-state index in [0.717, 1.165) is 35.6 Å². The lowest BCUT2D eigenvalue weighted by molar-refractivity contribution is 0.000396. The molecular weight excluding hydrogens is 435 g/mol. The third-order valence-corrected chi connectivity index (χ3v) is 6.88. The molecule has 2 saturated heterocycles. The van der Waals surface area contributed by atoms with Gasteiger partial charge in [-0.05, 0) is 73.0 Å². The van der Waals surface area contributed by atoms with Gasteiger partial charge in [-0.2, -0.15) is 0 Å². The van der Waals surface area contributed by atoms with E-state index in [1.165, 1.54) is 0 Å². The Morgan fingerprint density at radius 2 is 1.59 bits per heavy atom. The third kappa shape index (κ3) is 5.63. The molecule has 2 heterocycles. The average molecular weight is 476 g/mol. The smallest absolute Gasteiger partial charge is 0.495 e. The lowest BCUT2D eigenvalue weighted by Crippen LogP contribution is -2.54. The first-order valence-corrected chi connectivity index (χ1v) is 12.0. The SMILES string of the molecule is COc1cc(B2OC(C)(C)C(C)(C)O2)cc(OC)c1CN1CCN(C(=O)OC(C)(C)C)[C@H](C)C1. The normalized spacial score (nSPS) is 22.6. The largest absolute Gasteiger partial charge is 0.496 e. The maximum atomic E-state index is 12.6. The zero-order valence-corrected chi connectivity index (χ0v) is 22.5. The van der Waals surface area contributed by atoms with Crippen molar-refractivity contribution in [1.82, 2.24) is 9.80 Å². The number of ether oxygens (including phenoxy) is 3. The number of amides is 1. The molecule has 0 spiro atoms. The van der Waals surface area contributed by atoms with Crippen molar-refractivity contribution in [3.05, 3.63) is 17.7 Å². The van der Waals surface area contributed by atoms with Gasteiger partial charge in [0.25, 0.3) is 0 Å². The number of methoxy groups -OCH3 is 2. The maximum Gasteiger partial charge on any atom is 0.495 e. The Morgan fingerprint density at radius 3 is 2.03 bits per heavy atom. The maximum absolute atomic E-state index is 12.6. The van der Waals surface area contributed by atoms with Crippen LogP contribution in [-0.4, -0.2) is 79.7 Å². The highest BCUT2D eigenvalue weighted by Crippen LogP contribution is 2.38. The topological polar surface area (TPSA) is 69.7 Å². The number of carbonyl (C=O) groups excluding carboxylic acids is 1. The van der Waals surface area contributed by atoms with Crippen molar-refractivity contribution in [2.45, 2.75) is 84.8 Å². The number of hydrogen-bond acceptors (Lipinski definition) is 7. The molecule has 2 fully saturated rings. The van der Waals surface area contributed by atoms with E-state index in [2.05, 4.69) is 4.90 Å². The van der Waals surface area contributed by atoms with Crippen molar-refractivity contribution in [2.24, 2.45) is 0 Å². The van der Waals surface area contributed by atoms with Crippen molar-refractivity contribution in [3.63, 3.8) is 0 Å². The van der Waals surface area contributed by atoms with Crippen LogP contribution in [-0.2, 0) is 20.6 Å². The molecule has 0 aliphatic carbocycles. The molecule has 1 aromatic rings. The minimum atomic E-state index is -0.506. The van der Waals surface area contributed by atoms with E-state index in [0.29, 0.717) is 13.1 Å². The van der Waals surface area contributed by atoms with Crippen LogP contribution in [0.25, 0.3) is 0 Å². The fraction of sp³-hybridized carbons (Fsp3) is 0.720. The summed E-state index contributed by atoms with van der Waals surface area (Å²) in [6.45, 7) is 18.6. The molecule has 1 aromatic carbocycles. The van der Waals surface area contributed by atoms with Crippen LogP contribution in [0.3, 0.4) is 0 Å². The van der Waals surface area contributed by atoms with Gasteiger partial charge in [-0.3, -0.25) is 4.90 Å². The Kier molecular flexibility index (Phi) is 7.51. The minimum Gasteiger partial charge on any atom is -0.496 e. The lowest BCUT2D eigenvalue weighted by Gasteiger charge is -2.40. The summed E-state index contributed by atoms with van der Waals surface area (Å²) in [6.07, 6.45) is -0.262. The first kappa shape index (κ1) is 26.6. The summed E-state index contributed by atoms with van der Waals surface area (Å²) in [4.78, 5) is 16.7. The van der Waals surface area contributed by atoms with Crippen LogP contribution in [0, 0.1) is 0 Å². The van der Waals surface area contributed by atoms with Gasteiger partial charge in [0.2, 0.25) is 0 Å². The highest BCUT2D eigenvalue weighted by atomic mass is 16.7. The van der Waals surface area contributed by atoms with E-state index in [1.807, 2.05) is 67.5 Å². The second kappa shape index (κ2) is 9.59. The molecule has 9 heteroatoms. The summed E-state index contributed by atoms with van der Waals surface area (Å²) in [7, 11) is 2.82. The zero-order chi connectivity index (χ0) is 25.5. The van der Waals surface area contributed by atoms with E-state index in [-0.39, 0.29) is 12.1 Å². The molecular formula is C25H41BN2O6. The van der Waals surface area contributed by atoms with E-state index < -0.39 is 23.9 Å². The lowest BCUT2D eigenvalue weighted by atomic mass is 9.78. The third-order valence-electron chi connectivity index (χ3n) is 6.88. The fourth-order valence-electron chi connectivity index (χ4n) is 4.27. The second-order valence-electron chi connectivity index (χ2n) is 11.3. The summed E-state index contributed by atoms with van der Waals surface area (Å²) >= 11 is 0. The van der Waals surface area contributed by atoms with Crippen LogP contribution in [0.5, 0.6) is 11.5 Å². The van der Waals surface area contributed by atoms with Gasteiger partial charge in [0.05, 0.1) is 31.0 Å². The summed E-state index contributed by atoms with van der Waals surface area (Å²) in [5, 5.41) is 0. The van der Waals surface area contributed by atoms with Gasteiger partial charge in [-0.25, -0.2) is 4.79 Å². The molecule has 2 aliphatic rings. The van der Waals surface area contributed by atoms with Gasteiger partial charge < -0.3 is 28.4 Å². The van der Waals surface area contributed by atoms with Gasteiger partial charge in [-0.15, -0.1) is 0 Å². The molecule has 0 aromatic heterocycles. The Balaban J connectivity index is 1.76. The first-order chi connectivity index (χ1) is 15.7. The summed E-state index contributed by atoms with van der Waals surface area (Å²) in [5.74, 6) is 1.46. The Hall–Kier alpha value is -1.97. The number of benzene rings is 1. The number of hydrogen-bond donors (Lipinski definition) is 0. The minimum absolute atomic E-state index is 0.0321. The number of carbonyl (C=O) groups is 1. The molecule has 0 N–H and O–H groups in total. The van der Waals surface area contributed by atoms with Gasteiger partial charge >= 0.3 is 13.2 Å². The molecule has 1 atom stereocenters. The quantitative estimate of drug-likeness (QED) is 0.603. The summed E-state index contributed by atoms with van der Waals surface area (Å²) in [5.41, 5.74) is 0.456. The van der Waals surface area contributed by atoms with Crippen LogP contribution in [0.2, 0.25) is 0 Å². The average Bonchev–Trinajstić information content (AvgIpc) is 2.93. The molecule has 2 aliphatic heterocycles. The predicted molar refractivity (Wildman–Crippen MR) is 133 cm³/mol. The van der Waals surface area contributed by atoms with Crippen LogP contribution in [0.4, 0.5) is 4.79 Å². The first-order valence-electron chi connectivity index (χ1n) is 12.0. The van der Waals surface area contributed by atoms with E-state index in [9.17, 15) is 4.79 Å². The molecule has 0 bridgehead atoms. The van der Waals surface area contributed by atoms with Gasteiger partial charge in [0.1, 0.15) is 17.1 Å². The van der Waals surface area contributed by atoms with Crippen molar-refractivity contribution >= 4 is 18.7 Å². The molecule has 0 radical (unpaired) electrons. The summed E-state index contributed by atoms with van der Waals surface area (Å²) < 4.78 is 29.6. The molecule has 0 unspecified atom stereocenters. The van der Waals surface area contributed by atoms with Crippen molar-refractivity contribution in [3.8, 4) is 11.5 Å². The predicted octanol–water partition coefficient (Wildman–Crippen LogP) is 3.44. The van der Waals surface area contributed by atoms with Crippen LogP contribution in [0.1, 0.15) is 61.0 Å². The molecule has 1 amide bonds. The molecule has 0 saturated carbocycles. The van der Waals surface area contributed by atoms with Gasteiger partial charge in [0.15, 0.2) is 0 Å². The van der Waals surface area contributed by atoms with Crippen molar-refractivity contribution < 1.29 is 28.3 Å². The zero-order valence-electron chi connectivity index (χ0n) is 22.5. The molecule has 8 nitrogen and oxygen atoms in total. The van der Waals surface area contributed by atoms with E-state index in [1.54, 1.807) is 19.1 Å². The van der Waals surface area contributed by atoms with E-state index >= 15 is 0 Å². The fourth-order valence-corrected chi connectivity index (χ4v) is 4.27. The highest BCUT2D eigenvalue weighted by molar-refractivity contribution is 6.62. The van der Waals surface area contributed by atoms with Gasteiger partial charge in [-0.1, -0.05) is 0 Å². The number of piperazine rings is 1. The van der Waals surface area contributed by atoms with Crippen LogP contribution >= 0.6 is 0 Å². The van der Waals surface area contributed by atoms with Crippen LogP contribution < -0.4 is 14.9 Å². The second-order valence-corrected chi connectivity index (χ2v) is 11.3. The molecule has 190 valence electrons. The summed E-state index contributed by atoms with van der Waals surface area (Å²) in [6, 6.07) is 3.98. The monoisotopic (exact) mass is 476 g/mol. The number of rotatable bonds is 5. The standard InChI is InChI=1S/C25H41BN2O6/c1-17-15-27(11-12-28(17)22(29)32-23(2,3)4)16-19-20(30-9)13-18(14-21(19)31-10)26-33-24(5,6)25(7,8)34-26/h13-14,17H,11-12,15-16H2,1-10H3/t17-/m1/s1. The van der Waals surface area contributed by atoms with Crippen molar-refractivity contribution in [1.29, 1.82) is 0 Å². The Bertz CT molecular complexity index is 857. The molecule has 3 rings (SSSR count).